The number of ether oxygens (including phenoxy) is 1. The van der Waals surface area contributed by atoms with Gasteiger partial charge in [0.2, 0.25) is 5.91 Å². The first-order valence-corrected chi connectivity index (χ1v) is 9.93. The number of likely N-dealkylation sites (N-methyl/N-ethyl adjacent to an activating group) is 1. The molecule has 1 fully saturated rings. The topological polar surface area (TPSA) is 78.0 Å². The first-order chi connectivity index (χ1) is 13.5. The molecule has 1 aliphatic rings. The zero-order valence-electron chi connectivity index (χ0n) is 18.1. The van der Waals surface area contributed by atoms with Crippen molar-refractivity contribution >= 4 is 41.5 Å². The van der Waals surface area contributed by atoms with E-state index in [0.717, 1.165) is 36.8 Å². The van der Waals surface area contributed by atoms with E-state index < -0.39 is 0 Å². The number of anilines is 1. The first kappa shape index (κ1) is 25.6. The molecular weight excluding hydrogens is 481 g/mol. The van der Waals surface area contributed by atoms with Crippen LogP contribution >= 0.6 is 24.0 Å². The number of halogens is 1. The van der Waals surface area contributed by atoms with Gasteiger partial charge >= 0.3 is 0 Å². The van der Waals surface area contributed by atoms with Gasteiger partial charge in [0.1, 0.15) is 0 Å². The normalized spacial score (nSPS) is 15.3. The Labute approximate surface area is 192 Å². The summed E-state index contributed by atoms with van der Waals surface area (Å²) in [6.07, 6.45) is 4.87. The molecule has 0 spiro atoms. The molecule has 1 saturated carbocycles. The minimum Gasteiger partial charge on any atom is -0.385 e. The summed E-state index contributed by atoms with van der Waals surface area (Å²) in [6.45, 7) is 2.72. The van der Waals surface area contributed by atoms with Crippen LogP contribution in [0.1, 0.15) is 31.2 Å². The lowest BCUT2D eigenvalue weighted by Gasteiger charge is -2.42. The van der Waals surface area contributed by atoms with Crippen molar-refractivity contribution in [2.45, 2.75) is 32.2 Å². The van der Waals surface area contributed by atoms with Crippen molar-refractivity contribution in [2.75, 3.05) is 53.3 Å². The molecule has 1 aliphatic carbocycles. The van der Waals surface area contributed by atoms with Crippen LogP contribution in [0.5, 0.6) is 0 Å². The van der Waals surface area contributed by atoms with Crippen molar-refractivity contribution in [2.24, 2.45) is 10.4 Å². The van der Waals surface area contributed by atoms with Crippen LogP contribution in [-0.4, -0.2) is 64.7 Å². The number of amides is 1. The van der Waals surface area contributed by atoms with E-state index in [1.54, 1.807) is 14.2 Å². The minimum atomic E-state index is -0.0190. The smallest absolute Gasteiger partial charge is 0.238 e. The van der Waals surface area contributed by atoms with E-state index in [2.05, 4.69) is 20.9 Å². The summed E-state index contributed by atoms with van der Waals surface area (Å²) in [5, 5.41) is 9.76. The Morgan fingerprint density at radius 3 is 2.62 bits per heavy atom. The molecular formula is C21H36IN5O2. The van der Waals surface area contributed by atoms with Crippen LogP contribution in [0.4, 0.5) is 5.69 Å². The maximum absolute atomic E-state index is 11.9. The predicted molar refractivity (Wildman–Crippen MR) is 130 cm³/mol. The average molecular weight is 517 g/mol. The average Bonchev–Trinajstić information content (AvgIpc) is 2.62. The van der Waals surface area contributed by atoms with E-state index in [1.807, 2.05) is 43.3 Å². The summed E-state index contributed by atoms with van der Waals surface area (Å²) in [6, 6.07) is 7.88. The number of rotatable bonds is 10. The number of methoxy groups -OCH3 is 1. The van der Waals surface area contributed by atoms with Gasteiger partial charge in [-0.1, -0.05) is 18.6 Å². The maximum Gasteiger partial charge on any atom is 0.238 e. The van der Waals surface area contributed by atoms with E-state index in [0.29, 0.717) is 18.5 Å². The number of carbonyl (C=O) groups is 1. The number of hydrogen-bond donors (Lipinski definition) is 3. The number of benzene rings is 1. The summed E-state index contributed by atoms with van der Waals surface area (Å²) in [7, 11) is 7.30. The van der Waals surface area contributed by atoms with Crippen LogP contribution in [0, 0.1) is 5.41 Å². The van der Waals surface area contributed by atoms with Crippen molar-refractivity contribution in [3.63, 3.8) is 0 Å². The Morgan fingerprint density at radius 1 is 1.28 bits per heavy atom. The van der Waals surface area contributed by atoms with Gasteiger partial charge in [0.15, 0.2) is 5.96 Å². The van der Waals surface area contributed by atoms with E-state index >= 15 is 0 Å². The van der Waals surface area contributed by atoms with Gasteiger partial charge in [-0.3, -0.25) is 9.79 Å². The zero-order chi connectivity index (χ0) is 20.4. The molecule has 0 aromatic heterocycles. The van der Waals surface area contributed by atoms with Gasteiger partial charge in [-0.2, -0.15) is 0 Å². The number of guanidine groups is 1. The minimum absolute atomic E-state index is 0. The van der Waals surface area contributed by atoms with Gasteiger partial charge < -0.3 is 25.6 Å². The van der Waals surface area contributed by atoms with E-state index in [9.17, 15) is 4.79 Å². The molecule has 7 nitrogen and oxygen atoms in total. The number of hydrogen-bond acceptors (Lipinski definition) is 4. The Bertz CT molecular complexity index is 662. The number of aliphatic imine (C=N–C) groups is 1. The number of nitrogens with one attached hydrogen (secondary N) is 3. The van der Waals surface area contributed by atoms with Crippen molar-refractivity contribution < 1.29 is 9.53 Å². The first-order valence-electron chi connectivity index (χ1n) is 9.93. The van der Waals surface area contributed by atoms with E-state index in [4.69, 9.17) is 4.74 Å². The molecule has 0 radical (unpaired) electrons. The maximum atomic E-state index is 11.9. The fraction of sp³-hybridized carbons (Fsp3) is 0.619. The second kappa shape index (κ2) is 13.0. The predicted octanol–water partition coefficient (Wildman–Crippen LogP) is 2.68. The standard InChI is InChI=1S/C21H35N5O2.HI/c1-22-20(24-16-21(9-6-10-21)11-12-28-4)23-14-17-7-5-8-18(13-17)25-19(27)15-26(2)3;/h5,7-8,13H,6,9-12,14-16H2,1-4H3,(H,25,27)(H2,22,23,24);1H. The second-order valence-electron chi connectivity index (χ2n) is 7.86. The Morgan fingerprint density at radius 2 is 2.03 bits per heavy atom. The quantitative estimate of drug-likeness (QED) is 0.253. The van der Waals surface area contributed by atoms with Crippen LogP contribution in [0.15, 0.2) is 29.3 Å². The molecule has 1 aromatic carbocycles. The highest BCUT2D eigenvalue weighted by Crippen LogP contribution is 2.43. The third-order valence-corrected chi connectivity index (χ3v) is 5.24. The summed E-state index contributed by atoms with van der Waals surface area (Å²) < 4.78 is 5.27. The summed E-state index contributed by atoms with van der Waals surface area (Å²) >= 11 is 0. The molecule has 29 heavy (non-hydrogen) atoms. The summed E-state index contributed by atoms with van der Waals surface area (Å²) in [5.41, 5.74) is 2.23. The molecule has 1 aromatic rings. The van der Waals surface area contributed by atoms with Gasteiger partial charge in [0.25, 0.3) is 0 Å². The molecule has 0 bridgehead atoms. The Kier molecular flexibility index (Phi) is 11.5. The van der Waals surface area contributed by atoms with Gasteiger partial charge in [-0.25, -0.2) is 0 Å². The molecule has 0 atom stereocenters. The zero-order valence-corrected chi connectivity index (χ0v) is 20.4. The van der Waals surface area contributed by atoms with Crippen LogP contribution < -0.4 is 16.0 Å². The summed E-state index contributed by atoms with van der Waals surface area (Å²) in [4.78, 5) is 18.1. The molecule has 8 heteroatoms. The highest BCUT2D eigenvalue weighted by molar-refractivity contribution is 14.0. The molecule has 3 N–H and O–H groups in total. The Balaban J connectivity index is 0.00000420. The third-order valence-electron chi connectivity index (χ3n) is 5.24. The fourth-order valence-corrected chi connectivity index (χ4v) is 3.43. The van der Waals surface area contributed by atoms with E-state index in [-0.39, 0.29) is 29.9 Å². The second-order valence-corrected chi connectivity index (χ2v) is 7.86. The highest BCUT2D eigenvalue weighted by atomic mass is 127. The van der Waals surface area contributed by atoms with Crippen LogP contribution in [0.3, 0.4) is 0 Å². The molecule has 0 unspecified atom stereocenters. The van der Waals surface area contributed by atoms with Gasteiger partial charge in [-0.05, 0) is 56.5 Å². The summed E-state index contributed by atoms with van der Waals surface area (Å²) in [5.74, 6) is 0.778. The number of carbonyl (C=O) groups excluding carboxylic acids is 1. The molecule has 0 heterocycles. The lowest BCUT2D eigenvalue weighted by molar-refractivity contribution is -0.116. The van der Waals surface area contributed by atoms with Crippen LogP contribution in [0.2, 0.25) is 0 Å². The van der Waals surface area contributed by atoms with Crippen LogP contribution in [0.25, 0.3) is 0 Å². The highest BCUT2D eigenvalue weighted by Gasteiger charge is 2.36. The largest absolute Gasteiger partial charge is 0.385 e. The molecule has 1 amide bonds. The lowest BCUT2D eigenvalue weighted by Crippen LogP contribution is -2.46. The fourth-order valence-electron chi connectivity index (χ4n) is 3.43. The van der Waals surface area contributed by atoms with Crippen molar-refractivity contribution in [1.82, 2.24) is 15.5 Å². The lowest BCUT2D eigenvalue weighted by atomic mass is 9.67. The van der Waals surface area contributed by atoms with Gasteiger partial charge in [-0.15, -0.1) is 24.0 Å². The van der Waals surface area contributed by atoms with Gasteiger partial charge in [0, 0.05) is 39.5 Å². The van der Waals surface area contributed by atoms with Crippen molar-refractivity contribution in [3.05, 3.63) is 29.8 Å². The van der Waals surface area contributed by atoms with Crippen LogP contribution in [-0.2, 0) is 16.1 Å². The Hall–Kier alpha value is -1.39. The number of nitrogens with zero attached hydrogens (tertiary/aromatic N) is 2. The third kappa shape index (κ3) is 8.88. The molecule has 2 rings (SSSR count). The SMILES string of the molecule is CN=C(NCc1cccc(NC(=O)CN(C)C)c1)NCC1(CCOC)CCC1.I. The van der Waals surface area contributed by atoms with Crippen molar-refractivity contribution in [3.8, 4) is 0 Å². The van der Waals surface area contributed by atoms with Crippen molar-refractivity contribution in [1.29, 1.82) is 0 Å². The monoisotopic (exact) mass is 517 g/mol. The van der Waals surface area contributed by atoms with Gasteiger partial charge in [0.05, 0.1) is 6.54 Å². The molecule has 0 aliphatic heterocycles. The molecule has 0 saturated heterocycles. The van der Waals surface area contributed by atoms with E-state index in [1.165, 1.54) is 19.3 Å². The molecule has 164 valence electrons.